The summed E-state index contributed by atoms with van der Waals surface area (Å²) in [6.07, 6.45) is 1.57. The second-order valence-electron chi connectivity index (χ2n) is 6.51. The van der Waals surface area contributed by atoms with E-state index in [0.29, 0.717) is 35.9 Å². The van der Waals surface area contributed by atoms with Crippen LogP contribution in [0, 0.1) is 5.82 Å². The van der Waals surface area contributed by atoms with E-state index in [4.69, 9.17) is 4.42 Å². The quantitative estimate of drug-likeness (QED) is 0.710. The Labute approximate surface area is 156 Å². The highest BCUT2D eigenvalue weighted by molar-refractivity contribution is 5.94. The van der Waals surface area contributed by atoms with Crippen LogP contribution in [-0.4, -0.2) is 58.2 Å². The number of piperazine rings is 1. The molecule has 0 radical (unpaired) electrons. The van der Waals surface area contributed by atoms with Crippen molar-refractivity contribution in [2.75, 3.05) is 32.7 Å². The standard InChI is InChI=1S/C20H21FN4O2/c1-2-23-9-11-24(12-10-23)20(26)18-14-17(19-4-3-13-27-19)22-25(18)16-7-5-15(21)6-8-16/h3-8,13-14H,2,9-12H2,1H3. The fourth-order valence-electron chi connectivity index (χ4n) is 3.29. The van der Waals surface area contributed by atoms with Gasteiger partial charge in [0, 0.05) is 32.2 Å². The van der Waals surface area contributed by atoms with Crippen LogP contribution < -0.4 is 0 Å². The van der Waals surface area contributed by atoms with Crippen LogP contribution in [0.1, 0.15) is 17.4 Å². The maximum absolute atomic E-state index is 13.3. The van der Waals surface area contributed by atoms with Crippen LogP contribution in [0.25, 0.3) is 17.1 Å². The smallest absolute Gasteiger partial charge is 0.272 e. The highest BCUT2D eigenvalue weighted by atomic mass is 19.1. The molecule has 1 saturated heterocycles. The molecule has 0 bridgehead atoms. The first kappa shape index (κ1) is 17.5. The highest BCUT2D eigenvalue weighted by Gasteiger charge is 2.26. The Balaban J connectivity index is 1.70. The van der Waals surface area contributed by atoms with Crippen molar-refractivity contribution in [1.29, 1.82) is 0 Å². The summed E-state index contributed by atoms with van der Waals surface area (Å²) in [6.45, 7) is 6.18. The molecule has 4 rings (SSSR count). The zero-order valence-electron chi connectivity index (χ0n) is 15.1. The van der Waals surface area contributed by atoms with Gasteiger partial charge in [-0.3, -0.25) is 4.79 Å². The second kappa shape index (κ2) is 7.36. The zero-order chi connectivity index (χ0) is 18.8. The van der Waals surface area contributed by atoms with Crippen LogP contribution >= 0.6 is 0 Å². The zero-order valence-corrected chi connectivity index (χ0v) is 15.1. The van der Waals surface area contributed by atoms with E-state index in [9.17, 15) is 9.18 Å². The molecule has 1 aliphatic rings. The van der Waals surface area contributed by atoms with Gasteiger partial charge in [0.05, 0.1) is 12.0 Å². The third-order valence-electron chi connectivity index (χ3n) is 4.88. The van der Waals surface area contributed by atoms with E-state index in [1.807, 2.05) is 4.90 Å². The van der Waals surface area contributed by atoms with Crippen molar-refractivity contribution in [3.05, 3.63) is 60.2 Å². The summed E-state index contributed by atoms with van der Waals surface area (Å²) in [5.74, 6) is 0.168. The Morgan fingerprint density at radius 3 is 2.52 bits per heavy atom. The number of hydrogen-bond donors (Lipinski definition) is 0. The van der Waals surface area contributed by atoms with Crippen LogP contribution in [0.3, 0.4) is 0 Å². The van der Waals surface area contributed by atoms with E-state index in [-0.39, 0.29) is 11.7 Å². The summed E-state index contributed by atoms with van der Waals surface area (Å²) in [6, 6.07) is 11.2. The molecular formula is C20H21FN4O2. The van der Waals surface area contributed by atoms with Gasteiger partial charge in [0.25, 0.3) is 5.91 Å². The number of benzene rings is 1. The first-order valence-electron chi connectivity index (χ1n) is 9.07. The summed E-state index contributed by atoms with van der Waals surface area (Å²) in [5, 5.41) is 4.54. The fourth-order valence-corrected chi connectivity index (χ4v) is 3.29. The average Bonchev–Trinajstić information content (AvgIpc) is 3.38. The lowest BCUT2D eigenvalue weighted by Crippen LogP contribution is -2.48. The molecule has 3 aromatic rings. The fraction of sp³-hybridized carbons (Fsp3) is 0.300. The molecule has 0 saturated carbocycles. The molecule has 6 nitrogen and oxygen atoms in total. The molecule has 3 heterocycles. The molecule has 0 spiro atoms. The molecule has 0 aliphatic carbocycles. The highest BCUT2D eigenvalue weighted by Crippen LogP contribution is 2.23. The number of likely N-dealkylation sites (N-methyl/N-ethyl adjacent to an activating group) is 1. The van der Waals surface area contributed by atoms with Crippen molar-refractivity contribution in [3.63, 3.8) is 0 Å². The Kier molecular flexibility index (Phi) is 4.77. The Morgan fingerprint density at radius 2 is 1.89 bits per heavy atom. The molecule has 0 unspecified atom stereocenters. The van der Waals surface area contributed by atoms with Gasteiger partial charge in [0.2, 0.25) is 0 Å². The third kappa shape index (κ3) is 3.50. The van der Waals surface area contributed by atoms with Gasteiger partial charge < -0.3 is 14.2 Å². The predicted octanol–water partition coefficient (Wildman–Crippen LogP) is 3.05. The maximum atomic E-state index is 13.3. The van der Waals surface area contributed by atoms with E-state index in [2.05, 4.69) is 16.9 Å². The molecular weight excluding hydrogens is 347 g/mol. The molecule has 7 heteroatoms. The second-order valence-corrected chi connectivity index (χ2v) is 6.51. The number of carbonyl (C=O) groups is 1. The number of furan rings is 1. The molecule has 27 heavy (non-hydrogen) atoms. The van der Waals surface area contributed by atoms with Gasteiger partial charge in [0.1, 0.15) is 17.2 Å². The lowest BCUT2D eigenvalue weighted by atomic mass is 10.2. The number of amides is 1. The minimum Gasteiger partial charge on any atom is -0.463 e. The van der Waals surface area contributed by atoms with Crippen LogP contribution in [0.2, 0.25) is 0 Å². The number of carbonyl (C=O) groups excluding carboxylic acids is 1. The van der Waals surface area contributed by atoms with Gasteiger partial charge in [-0.25, -0.2) is 9.07 Å². The summed E-state index contributed by atoms with van der Waals surface area (Å²) < 4.78 is 20.3. The van der Waals surface area contributed by atoms with Gasteiger partial charge in [-0.2, -0.15) is 5.10 Å². The Morgan fingerprint density at radius 1 is 1.15 bits per heavy atom. The number of rotatable bonds is 4. The molecule has 0 atom stereocenters. The van der Waals surface area contributed by atoms with E-state index in [1.54, 1.807) is 41.3 Å². The lowest BCUT2D eigenvalue weighted by molar-refractivity contribution is 0.0634. The summed E-state index contributed by atoms with van der Waals surface area (Å²) in [7, 11) is 0. The SMILES string of the molecule is CCN1CCN(C(=O)c2cc(-c3ccco3)nn2-c2ccc(F)cc2)CC1. The topological polar surface area (TPSA) is 54.5 Å². The van der Waals surface area contributed by atoms with Crippen LogP contribution in [0.15, 0.2) is 53.1 Å². The van der Waals surface area contributed by atoms with Gasteiger partial charge in [-0.1, -0.05) is 6.92 Å². The normalized spacial score (nSPS) is 15.3. The van der Waals surface area contributed by atoms with Gasteiger partial charge >= 0.3 is 0 Å². The van der Waals surface area contributed by atoms with Crippen LogP contribution in [0.5, 0.6) is 0 Å². The first-order valence-corrected chi connectivity index (χ1v) is 9.07. The molecule has 1 aliphatic heterocycles. The minimum absolute atomic E-state index is 0.0830. The molecule has 140 valence electrons. The van der Waals surface area contributed by atoms with Crippen molar-refractivity contribution < 1.29 is 13.6 Å². The number of hydrogen-bond acceptors (Lipinski definition) is 4. The van der Waals surface area contributed by atoms with Crippen molar-refractivity contribution >= 4 is 5.91 Å². The van der Waals surface area contributed by atoms with Gasteiger partial charge in [-0.05, 0) is 42.9 Å². The van der Waals surface area contributed by atoms with Crippen LogP contribution in [0.4, 0.5) is 4.39 Å². The largest absolute Gasteiger partial charge is 0.463 e. The minimum atomic E-state index is -0.333. The van der Waals surface area contributed by atoms with Crippen molar-refractivity contribution in [3.8, 4) is 17.1 Å². The summed E-state index contributed by atoms with van der Waals surface area (Å²) in [5.41, 5.74) is 1.64. The molecule has 2 aromatic heterocycles. The predicted molar refractivity (Wildman–Crippen MR) is 99.2 cm³/mol. The lowest BCUT2D eigenvalue weighted by Gasteiger charge is -2.34. The third-order valence-corrected chi connectivity index (χ3v) is 4.88. The molecule has 1 aromatic carbocycles. The number of halogens is 1. The van der Waals surface area contributed by atoms with E-state index in [0.717, 1.165) is 19.6 Å². The molecule has 1 fully saturated rings. The van der Waals surface area contributed by atoms with Crippen molar-refractivity contribution in [2.24, 2.45) is 0 Å². The van der Waals surface area contributed by atoms with E-state index >= 15 is 0 Å². The number of aromatic nitrogens is 2. The van der Waals surface area contributed by atoms with Gasteiger partial charge in [-0.15, -0.1) is 0 Å². The first-order chi connectivity index (χ1) is 13.2. The summed E-state index contributed by atoms with van der Waals surface area (Å²) in [4.78, 5) is 17.3. The average molecular weight is 368 g/mol. The number of nitrogens with zero attached hydrogens (tertiary/aromatic N) is 4. The maximum Gasteiger partial charge on any atom is 0.272 e. The van der Waals surface area contributed by atoms with Crippen molar-refractivity contribution in [2.45, 2.75) is 6.92 Å². The van der Waals surface area contributed by atoms with E-state index in [1.165, 1.54) is 12.1 Å². The molecule has 0 N–H and O–H groups in total. The monoisotopic (exact) mass is 368 g/mol. The Hall–Kier alpha value is -2.93. The van der Waals surface area contributed by atoms with Gasteiger partial charge in [0.15, 0.2) is 5.76 Å². The molecule has 1 amide bonds. The summed E-state index contributed by atoms with van der Waals surface area (Å²) >= 11 is 0. The van der Waals surface area contributed by atoms with Crippen LogP contribution in [-0.2, 0) is 0 Å². The Bertz CT molecular complexity index is 910. The van der Waals surface area contributed by atoms with E-state index < -0.39 is 0 Å². The van der Waals surface area contributed by atoms with Crippen molar-refractivity contribution in [1.82, 2.24) is 19.6 Å².